The Hall–Kier alpha value is -2.89. The topological polar surface area (TPSA) is 83.1 Å². The highest BCUT2D eigenvalue weighted by Crippen LogP contribution is 2.15. The summed E-state index contributed by atoms with van der Waals surface area (Å²) in [6, 6.07) is 10.5. The highest BCUT2D eigenvalue weighted by atomic mass is 16.2. The molecule has 1 heterocycles. The number of carbonyl (C=O) groups is 2. The molecule has 0 saturated carbocycles. The van der Waals surface area contributed by atoms with Gasteiger partial charge in [0.25, 0.3) is 5.91 Å². The lowest BCUT2D eigenvalue weighted by Gasteiger charge is -2.10. The summed E-state index contributed by atoms with van der Waals surface area (Å²) in [5.41, 5.74) is 2.52. The lowest BCUT2D eigenvalue weighted by atomic mass is 10.2. The molecule has 0 atom stereocenters. The number of anilines is 3. The summed E-state index contributed by atoms with van der Waals surface area (Å²) in [4.78, 5) is 27.4. The Labute approximate surface area is 141 Å². The monoisotopic (exact) mass is 326 g/mol. The van der Waals surface area contributed by atoms with Gasteiger partial charge in [0.1, 0.15) is 5.69 Å². The zero-order valence-corrected chi connectivity index (χ0v) is 14.1. The van der Waals surface area contributed by atoms with Gasteiger partial charge in [-0.05, 0) is 42.3 Å². The van der Waals surface area contributed by atoms with Crippen molar-refractivity contribution in [3.8, 4) is 0 Å². The van der Waals surface area contributed by atoms with Gasteiger partial charge in [0, 0.05) is 36.7 Å². The Bertz CT molecular complexity index is 711. The van der Waals surface area contributed by atoms with Crippen molar-refractivity contribution in [2.24, 2.45) is 5.92 Å². The van der Waals surface area contributed by atoms with Gasteiger partial charge in [-0.15, -0.1) is 0 Å². The van der Waals surface area contributed by atoms with Crippen LogP contribution in [0.1, 0.15) is 31.3 Å². The lowest BCUT2D eigenvalue weighted by molar-refractivity contribution is -0.114. The van der Waals surface area contributed by atoms with Crippen LogP contribution < -0.4 is 16.0 Å². The van der Waals surface area contributed by atoms with Crippen LogP contribution in [0, 0.1) is 5.92 Å². The highest BCUT2D eigenvalue weighted by molar-refractivity contribution is 6.03. The van der Waals surface area contributed by atoms with Crippen molar-refractivity contribution in [1.82, 2.24) is 4.98 Å². The molecule has 2 aromatic rings. The molecule has 0 saturated heterocycles. The molecule has 0 aliphatic carbocycles. The molecule has 0 bridgehead atoms. The highest BCUT2D eigenvalue weighted by Gasteiger charge is 2.09. The maximum atomic E-state index is 12.3. The van der Waals surface area contributed by atoms with Gasteiger partial charge < -0.3 is 16.0 Å². The van der Waals surface area contributed by atoms with E-state index in [9.17, 15) is 9.59 Å². The lowest BCUT2D eigenvalue weighted by Crippen LogP contribution is -2.15. The van der Waals surface area contributed by atoms with E-state index in [2.05, 4.69) is 34.8 Å². The number of carbonyl (C=O) groups excluding carboxylic acids is 2. The Balaban J connectivity index is 2.01. The molecule has 0 aliphatic rings. The zero-order chi connectivity index (χ0) is 17.5. The summed E-state index contributed by atoms with van der Waals surface area (Å²) in [5.74, 6) is 0.0924. The average molecular weight is 326 g/mol. The smallest absolute Gasteiger partial charge is 0.274 e. The molecule has 6 nitrogen and oxygen atoms in total. The van der Waals surface area contributed by atoms with Crippen molar-refractivity contribution in [3.05, 3.63) is 48.3 Å². The van der Waals surface area contributed by atoms with Gasteiger partial charge in [0.05, 0.1) is 0 Å². The second-order valence-corrected chi connectivity index (χ2v) is 5.92. The molecule has 2 rings (SSSR count). The van der Waals surface area contributed by atoms with Crippen LogP contribution >= 0.6 is 0 Å². The van der Waals surface area contributed by atoms with E-state index in [4.69, 9.17) is 0 Å². The first kappa shape index (κ1) is 17.5. The fourth-order valence-corrected chi connectivity index (χ4v) is 2.02. The molecule has 126 valence electrons. The summed E-state index contributed by atoms with van der Waals surface area (Å²) in [7, 11) is 0. The molecule has 0 aliphatic heterocycles. The van der Waals surface area contributed by atoms with Crippen LogP contribution in [0.5, 0.6) is 0 Å². The SMILES string of the molecule is CC(=O)Nc1ccc(NC(=O)c2cc(NCC(C)C)ccn2)cc1. The minimum atomic E-state index is -0.282. The number of aromatic nitrogens is 1. The van der Waals surface area contributed by atoms with Crippen molar-refractivity contribution in [1.29, 1.82) is 0 Å². The van der Waals surface area contributed by atoms with Gasteiger partial charge in [-0.3, -0.25) is 14.6 Å². The van der Waals surface area contributed by atoms with E-state index < -0.39 is 0 Å². The third-order valence-corrected chi connectivity index (χ3v) is 3.17. The maximum Gasteiger partial charge on any atom is 0.274 e. The Morgan fingerprint density at radius 3 is 2.21 bits per heavy atom. The van der Waals surface area contributed by atoms with Crippen molar-refractivity contribution in [3.63, 3.8) is 0 Å². The van der Waals surface area contributed by atoms with Crippen LogP contribution in [0.4, 0.5) is 17.1 Å². The number of hydrogen-bond acceptors (Lipinski definition) is 4. The van der Waals surface area contributed by atoms with E-state index in [-0.39, 0.29) is 11.8 Å². The second-order valence-electron chi connectivity index (χ2n) is 5.92. The molecule has 3 N–H and O–H groups in total. The number of nitrogens with one attached hydrogen (secondary N) is 3. The van der Waals surface area contributed by atoms with Crippen molar-refractivity contribution >= 4 is 28.9 Å². The second kappa shape index (κ2) is 8.10. The van der Waals surface area contributed by atoms with Crippen molar-refractivity contribution in [2.75, 3.05) is 22.5 Å². The van der Waals surface area contributed by atoms with Crippen molar-refractivity contribution < 1.29 is 9.59 Å². The van der Waals surface area contributed by atoms with Crippen LogP contribution in [0.3, 0.4) is 0 Å². The molecule has 24 heavy (non-hydrogen) atoms. The third-order valence-electron chi connectivity index (χ3n) is 3.17. The van der Waals surface area contributed by atoms with E-state index in [1.807, 2.05) is 6.07 Å². The van der Waals surface area contributed by atoms with E-state index in [0.29, 0.717) is 23.0 Å². The fraction of sp³-hybridized carbons (Fsp3) is 0.278. The summed E-state index contributed by atoms with van der Waals surface area (Å²) in [6.07, 6.45) is 1.61. The number of rotatable bonds is 6. The number of nitrogens with zero attached hydrogens (tertiary/aromatic N) is 1. The predicted octanol–water partition coefficient (Wildman–Crippen LogP) is 3.36. The zero-order valence-electron chi connectivity index (χ0n) is 14.1. The van der Waals surface area contributed by atoms with Gasteiger partial charge in [-0.1, -0.05) is 13.8 Å². The van der Waals surface area contributed by atoms with Crippen LogP contribution in [0.25, 0.3) is 0 Å². The number of benzene rings is 1. The molecule has 0 radical (unpaired) electrons. The van der Waals surface area contributed by atoms with Gasteiger partial charge in [-0.25, -0.2) is 0 Å². The first-order valence-corrected chi connectivity index (χ1v) is 7.83. The molecule has 2 amide bonds. The Morgan fingerprint density at radius 2 is 1.62 bits per heavy atom. The first-order valence-electron chi connectivity index (χ1n) is 7.83. The minimum Gasteiger partial charge on any atom is -0.385 e. The van der Waals surface area contributed by atoms with Crippen LogP contribution in [-0.4, -0.2) is 23.3 Å². The van der Waals surface area contributed by atoms with Gasteiger partial charge in [-0.2, -0.15) is 0 Å². The maximum absolute atomic E-state index is 12.3. The quantitative estimate of drug-likeness (QED) is 0.760. The molecule has 1 aromatic heterocycles. The minimum absolute atomic E-state index is 0.137. The van der Waals surface area contributed by atoms with Crippen LogP contribution in [0.2, 0.25) is 0 Å². The summed E-state index contributed by atoms with van der Waals surface area (Å²) < 4.78 is 0. The van der Waals surface area contributed by atoms with Gasteiger partial charge in [0.15, 0.2) is 0 Å². The number of pyridine rings is 1. The first-order chi connectivity index (χ1) is 11.4. The van der Waals surface area contributed by atoms with E-state index in [1.165, 1.54) is 6.92 Å². The molecule has 0 unspecified atom stereocenters. The predicted molar refractivity (Wildman–Crippen MR) is 96.3 cm³/mol. The van der Waals surface area contributed by atoms with Gasteiger partial charge in [0.2, 0.25) is 5.91 Å². The van der Waals surface area contributed by atoms with E-state index >= 15 is 0 Å². The average Bonchev–Trinajstić information content (AvgIpc) is 2.54. The molecular weight excluding hydrogens is 304 g/mol. The van der Waals surface area contributed by atoms with Crippen molar-refractivity contribution in [2.45, 2.75) is 20.8 Å². The normalized spacial score (nSPS) is 10.3. The molecular formula is C18H22N4O2. The number of hydrogen-bond donors (Lipinski definition) is 3. The molecule has 0 spiro atoms. The molecule has 0 fully saturated rings. The van der Waals surface area contributed by atoms with E-state index in [0.717, 1.165) is 12.2 Å². The Morgan fingerprint density at radius 1 is 1.00 bits per heavy atom. The van der Waals surface area contributed by atoms with Crippen LogP contribution in [0.15, 0.2) is 42.6 Å². The van der Waals surface area contributed by atoms with E-state index in [1.54, 1.807) is 36.5 Å². The summed E-state index contributed by atoms with van der Waals surface area (Å²) in [6.45, 7) is 6.51. The Kier molecular flexibility index (Phi) is 5.89. The standard InChI is InChI=1S/C18H22N4O2/c1-12(2)11-20-16-8-9-19-17(10-16)18(24)22-15-6-4-14(5-7-15)21-13(3)23/h4-10,12H,11H2,1-3H3,(H,19,20)(H,21,23)(H,22,24). The molecule has 6 heteroatoms. The largest absolute Gasteiger partial charge is 0.385 e. The number of amides is 2. The third kappa shape index (κ3) is 5.39. The summed E-state index contributed by atoms with van der Waals surface area (Å²) >= 11 is 0. The molecule has 1 aromatic carbocycles. The van der Waals surface area contributed by atoms with Crippen LogP contribution in [-0.2, 0) is 4.79 Å². The fourth-order valence-electron chi connectivity index (χ4n) is 2.02. The van der Waals surface area contributed by atoms with Gasteiger partial charge >= 0.3 is 0 Å². The summed E-state index contributed by atoms with van der Waals surface area (Å²) in [5, 5.41) is 8.73.